The highest BCUT2D eigenvalue weighted by Gasteiger charge is 2.04. The molecule has 14 heavy (non-hydrogen) atoms. The molecule has 1 aromatic carbocycles. The highest BCUT2D eigenvalue weighted by molar-refractivity contribution is 5.85. The zero-order valence-corrected chi connectivity index (χ0v) is 9.90. The third-order valence-electron chi connectivity index (χ3n) is 2.45. The maximum Gasteiger partial charge on any atom is 0.0396 e. The molecule has 2 N–H and O–H groups in total. The lowest BCUT2D eigenvalue weighted by molar-refractivity contribution is 0.881. The summed E-state index contributed by atoms with van der Waals surface area (Å²) in [7, 11) is 2.08. The fraction of sp³-hybridized carbons (Fsp3) is 0.455. The van der Waals surface area contributed by atoms with Gasteiger partial charge >= 0.3 is 0 Å². The maximum atomic E-state index is 5.51. The van der Waals surface area contributed by atoms with Crippen molar-refractivity contribution in [2.24, 2.45) is 5.73 Å². The Morgan fingerprint density at radius 1 is 1.29 bits per heavy atom. The van der Waals surface area contributed by atoms with E-state index in [1.165, 1.54) is 16.8 Å². The van der Waals surface area contributed by atoms with Crippen LogP contribution in [-0.2, 0) is 0 Å². The lowest BCUT2D eigenvalue weighted by Crippen LogP contribution is -2.25. The number of nitrogens with two attached hydrogens (primary N) is 1. The van der Waals surface area contributed by atoms with Crippen LogP contribution in [-0.4, -0.2) is 20.1 Å². The minimum atomic E-state index is 0. The van der Waals surface area contributed by atoms with Crippen LogP contribution in [0.2, 0.25) is 0 Å². The van der Waals surface area contributed by atoms with Gasteiger partial charge in [0.1, 0.15) is 0 Å². The molecule has 0 radical (unpaired) electrons. The second-order valence-electron chi connectivity index (χ2n) is 3.43. The molecule has 80 valence electrons. The predicted molar refractivity (Wildman–Crippen MR) is 65.5 cm³/mol. The van der Waals surface area contributed by atoms with Crippen molar-refractivity contribution in [1.82, 2.24) is 0 Å². The molecule has 3 heteroatoms. The van der Waals surface area contributed by atoms with Crippen LogP contribution in [0.3, 0.4) is 0 Å². The Bertz CT molecular complexity index is 287. The van der Waals surface area contributed by atoms with Gasteiger partial charge in [0, 0.05) is 25.8 Å². The molecule has 0 saturated heterocycles. The summed E-state index contributed by atoms with van der Waals surface area (Å²) in [6, 6.07) is 6.36. The third kappa shape index (κ3) is 2.89. The van der Waals surface area contributed by atoms with Crippen molar-refractivity contribution in [1.29, 1.82) is 0 Å². The van der Waals surface area contributed by atoms with E-state index in [9.17, 15) is 0 Å². The van der Waals surface area contributed by atoms with E-state index in [1.54, 1.807) is 0 Å². The molecule has 0 aliphatic heterocycles. The lowest BCUT2D eigenvalue weighted by Gasteiger charge is -2.21. The molecule has 0 amide bonds. The Labute approximate surface area is 92.5 Å². The van der Waals surface area contributed by atoms with Crippen LogP contribution in [0.25, 0.3) is 0 Å². The lowest BCUT2D eigenvalue weighted by atomic mass is 10.1. The van der Waals surface area contributed by atoms with Crippen molar-refractivity contribution in [3.63, 3.8) is 0 Å². The molecule has 0 fully saturated rings. The van der Waals surface area contributed by atoms with Gasteiger partial charge in [-0.3, -0.25) is 0 Å². The summed E-state index contributed by atoms with van der Waals surface area (Å²) in [4.78, 5) is 2.20. The van der Waals surface area contributed by atoms with Crippen LogP contribution in [0, 0.1) is 13.8 Å². The standard InChI is InChI=1S/C11H18N2.ClH/c1-9-5-4-6-11(10(9)2)13(3)8-7-12;/h4-6H,7-8,12H2,1-3H3;1H. The summed E-state index contributed by atoms with van der Waals surface area (Å²) in [5, 5.41) is 0. The summed E-state index contributed by atoms with van der Waals surface area (Å²) in [6.45, 7) is 5.89. The second-order valence-corrected chi connectivity index (χ2v) is 3.43. The molecule has 0 bridgehead atoms. The van der Waals surface area contributed by atoms with E-state index in [1.807, 2.05) is 0 Å². The highest BCUT2D eigenvalue weighted by atomic mass is 35.5. The summed E-state index contributed by atoms with van der Waals surface area (Å²) in [5.41, 5.74) is 9.48. The quantitative estimate of drug-likeness (QED) is 0.836. The van der Waals surface area contributed by atoms with E-state index >= 15 is 0 Å². The van der Waals surface area contributed by atoms with Crippen LogP contribution >= 0.6 is 12.4 Å². The molecule has 0 spiro atoms. The van der Waals surface area contributed by atoms with Crippen LogP contribution < -0.4 is 10.6 Å². The first-order valence-corrected chi connectivity index (χ1v) is 4.64. The Morgan fingerprint density at radius 3 is 2.50 bits per heavy atom. The normalized spacial score (nSPS) is 9.43. The Balaban J connectivity index is 0.00000169. The number of benzene rings is 1. The van der Waals surface area contributed by atoms with Gasteiger partial charge in [0.2, 0.25) is 0 Å². The number of halogens is 1. The monoisotopic (exact) mass is 214 g/mol. The maximum absolute atomic E-state index is 5.51. The number of likely N-dealkylation sites (N-methyl/N-ethyl adjacent to an activating group) is 1. The molecule has 0 aliphatic carbocycles. The predicted octanol–water partition coefficient (Wildman–Crippen LogP) is 2.12. The van der Waals surface area contributed by atoms with Gasteiger partial charge in [-0.1, -0.05) is 12.1 Å². The molecule has 2 nitrogen and oxygen atoms in total. The third-order valence-corrected chi connectivity index (χ3v) is 2.45. The fourth-order valence-corrected chi connectivity index (χ4v) is 1.46. The van der Waals surface area contributed by atoms with Crippen molar-refractivity contribution in [2.75, 3.05) is 25.0 Å². The molecule has 0 aromatic heterocycles. The number of hydrogen-bond donors (Lipinski definition) is 1. The van der Waals surface area contributed by atoms with Crippen molar-refractivity contribution in [3.05, 3.63) is 29.3 Å². The minimum absolute atomic E-state index is 0. The summed E-state index contributed by atoms with van der Waals surface area (Å²) < 4.78 is 0. The minimum Gasteiger partial charge on any atom is -0.373 e. The van der Waals surface area contributed by atoms with Crippen LogP contribution in [0.15, 0.2) is 18.2 Å². The van der Waals surface area contributed by atoms with Crippen LogP contribution in [0.1, 0.15) is 11.1 Å². The zero-order valence-electron chi connectivity index (χ0n) is 9.08. The van der Waals surface area contributed by atoms with E-state index < -0.39 is 0 Å². The average Bonchev–Trinajstić information content (AvgIpc) is 2.10. The van der Waals surface area contributed by atoms with Crippen molar-refractivity contribution in [3.8, 4) is 0 Å². The first kappa shape index (κ1) is 13.3. The van der Waals surface area contributed by atoms with Crippen molar-refractivity contribution >= 4 is 18.1 Å². The molecular weight excluding hydrogens is 196 g/mol. The first-order valence-electron chi connectivity index (χ1n) is 4.64. The van der Waals surface area contributed by atoms with E-state index in [4.69, 9.17) is 5.73 Å². The Kier molecular flexibility index (Phi) is 5.58. The summed E-state index contributed by atoms with van der Waals surface area (Å²) >= 11 is 0. The number of nitrogens with zero attached hydrogens (tertiary/aromatic N) is 1. The van der Waals surface area contributed by atoms with Crippen LogP contribution in [0.5, 0.6) is 0 Å². The molecule has 0 aliphatic rings. The Morgan fingerprint density at radius 2 is 1.93 bits per heavy atom. The van der Waals surface area contributed by atoms with Gasteiger partial charge in [-0.05, 0) is 31.0 Å². The fourth-order valence-electron chi connectivity index (χ4n) is 1.46. The van der Waals surface area contributed by atoms with Gasteiger partial charge in [0.15, 0.2) is 0 Å². The molecule has 0 atom stereocenters. The molecule has 0 unspecified atom stereocenters. The number of rotatable bonds is 3. The average molecular weight is 215 g/mol. The number of hydrogen-bond acceptors (Lipinski definition) is 2. The van der Waals surface area contributed by atoms with Gasteiger partial charge < -0.3 is 10.6 Å². The van der Waals surface area contributed by atoms with E-state index in [0.29, 0.717) is 6.54 Å². The smallest absolute Gasteiger partial charge is 0.0396 e. The largest absolute Gasteiger partial charge is 0.373 e. The van der Waals surface area contributed by atoms with E-state index in [2.05, 4.69) is 44.0 Å². The van der Waals surface area contributed by atoms with Crippen molar-refractivity contribution < 1.29 is 0 Å². The highest BCUT2D eigenvalue weighted by Crippen LogP contribution is 2.20. The van der Waals surface area contributed by atoms with Gasteiger partial charge in [0.05, 0.1) is 0 Å². The van der Waals surface area contributed by atoms with Gasteiger partial charge in [-0.2, -0.15) is 0 Å². The SMILES string of the molecule is Cc1cccc(N(C)CCN)c1C.Cl. The number of anilines is 1. The topological polar surface area (TPSA) is 29.3 Å². The molecule has 0 saturated carbocycles. The summed E-state index contributed by atoms with van der Waals surface area (Å²) in [5.74, 6) is 0. The van der Waals surface area contributed by atoms with Crippen molar-refractivity contribution in [2.45, 2.75) is 13.8 Å². The molecule has 1 rings (SSSR count). The first-order chi connectivity index (χ1) is 6.16. The molecule has 1 aromatic rings. The van der Waals surface area contributed by atoms with Gasteiger partial charge in [-0.25, -0.2) is 0 Å². The Hall–Kier alpha value is -0.730. The number of aryl methyl sites for hydroxylation is 1. The van der Waals surface area contributed by atoms with E-state index in [-0.39, 0.29) is 12.4 Å². The molecular formula is C11H19ClN2. The van der Waals surface area contributed by atoms with Gasteiger partial charge in [-0.15, -0.1) is 12.4 Å². The second kappa shape index (κ2) is 5.89. The summed E-state index contributed by atoms with van der Waals surface area (Å²) in [6.07, 6.45) is 0. The van der Waals surface area contributed by atoms with Gasteiger partial charge in [0.25, 0.3) is 0 Å². The zero-order chi connectivity index (χ0) is 9.84. The van der Waals surface area contributed by atoms with E-state index in [0.717, 1.165) is 6.54 Å². The van der Waals surface area contributed by atoms with Crippen LogP contribution in [0.4, 0.5) is 5.69 Å². The molecule has 0 heterocycles.